The first-order valence-corrected chi connectivity index (χ1v) is 6.41. The van der Waals surface area contributed by atoms with Gasteiger partial charge in [-0.2, -0.15) is 0 Å². The van der Waals surface area contributed by atoms with Gasteiger partial charge in [0.2, 0.25) is 0 Å². The Morgan fingerprint density at radius 2 is 1.82 bits per heavy atom. The minimum Gasteiger partial charge on any atom is -0.301 e. The highest BCUT2D eigenvalue weighted by Gasteiger charge is 2.26. The summed E-state index contributed by atoms with van der Waals surface area (Å²) in [5, 5.41) is 0. The van der Waals surface area contributed by atoms with Gasteiger partial charge in [0.1, 0.15) is 0 Å². The predicted octanol–water partition coefficient (Wildman–Crippen LogP) is 4.42. The third-order valence-electron chi connectivity index (χ3n) is 4.09. The summed E-state index contributed by atoms with van der Waals surface area (Å²) < 4.78 is 0. The summed E-state index contributed by atoms with van der Waals surface area (Å²) in [6.45, 7) is 14.9. The lowest BCUT2D eigenvalue weighted by atomic mass is 9.79. The second-order valence-corrected chi connectivity index (χ2v) is 5.93. The lowest BCUT2D eigenvalue weighted by molar-refractivity contribution is 0.219. The van der Waals surface area contributed by atoms with Gasteiger partial charge in [0, 0.05) is 5.54 Å². The predicted molar refractivity (Wildman–Crippen MR) is 78.2 cm³/mol. The van der Waals surface area contributed by atoms with Crippen molar-refractivity contribution < 1.29 is 0 Å². The summed E-state index contributed by atoms with van der Waals surface area (Å²) in [6.07, 6.45) is 6.54. The molecule has 0 spiro atoms. The molecule has 17 heavy (non-hydrogen) atoms. The number of likely N-dealkylation sites (N-methyl/N-ethyl adjacent to an activating group) is 1. The number of allylic oxidation sites excluding steroid dienone is 2. The van der Waals surface area contributed by atoms with Gasteiger partial charge < -0.3 is 4.90 Å². The van der Waals surface area contributed by atoms with Crippen molar-refractivity contribution in [3.05, 3.63) is 30.0 Å². The molecule has 0 saturated carbocycles. The van der Waals surface area contributed by atoms with Crippen LogP contribution < -0.4 is 0 Å². The van der Waals surface area contributed by atoms with Crippen molar-refractivity contribution in [2.24, 2.45) is 5.41 Å². The van der Waals surface area contributed by atoms with Crippen LogP contribution in [-0.2, 0) is 0 Å². The van der Waals surface area contributed by atoms with Crippen molar-refractivity contribution in [3.63, 3.8) is 0 Å². The topological polar surface area (TPSA) is 3.24 Å². The Kier molecular flexibility index (Phi) is 5.95. The minimum atomic E-state index is 0.138. The molecule has 0 aromatic carbocycles. The van der Waals surface area contributed by atoms with Crippen LogP contribution in [-0.4, -0.2) is 24.5 Å². The molecule has 98 valence electrons. The monoisotopic (exact) mass is 235 g/mol. The molecule has 0 aliphatic heterocycles. The molecule has 0 aromatic heterocycles. The third-order valence-corrected chi connectivity index (χ3v) is 4.09. The maximum Gasteiger partial charge on any atom is 0.0357 e. The van der Waals surface area contributed by atoms with E-state index in [-0.39, 0.29) is 11.0 Å². The van der Waals surface area contributed by atoms with E-state index >= 15 is 0 Å². The van der Waals surface area contributed by atoms with Crippen LogP contribution in [0.1, 0.15) is 47.5 Å². The number of hydrogen-bond donors (Lipinski definition) is 0. The molecule has 0 rings (SSSR count). The van der Waals surface area contributed by atoms with E-state index in [9.17, 15) is 0 Å². The summed E-state index contributed by atoms with van der Waals surface area (Å²) in [5.74, 6) is 0. The summed E-state index contributed by atoms with van der Waals surface area (Å²) in [6, 6.07) is 0. The normalized spacial score (nSPS) is 16.6. The second-order valence-electron chi connectivity index (χ2n) is 5.93. The average molecular weight is 235 g/mol. The number of hydrogen-bond acceptors (Lipinski definition) is 1. The van der Waals surface area contributed by atoms with E-state index in [1.165, 1.54) is 5.57 Å². The van der Waals surface area contributed by atoms with Gasteiger partial charge in [-0.1, -0.05) is 39.0 Å². The first kappa shape index (κ1) is 16.2. The number of rotatable bonds is 6. The molecule has 1 nitrogen and oxygen atoms in total. The lowest BCUT2D eigenvalue weighted by Crippen LogP contribution is -2.39. The quantitative estimate of drug-likeness (QED) is 0.486. The van der Waals surface area contributed by atoms with Gasteiger partial charge in [-0.05, 0) is 52.3 Å². The maximum atomic E-state index is 3.63. The zero-order valence-electron chi connectivity index (χ0n) is 12.7. The van der Waals surface area contributed by atoms with E-state index in [1.54, 1.807) is 0 Å². The summed E-state index contributed by atoms with van der Waals surface area (Å²) in [5.41, 5.74) is 4.61. The van der Waals surface area contributed by atoms with Gasteiger partial charge in [0.25, 0.3) is 0 Å². The fraction of sp³-hybridized carbons (Fsp3) is 0.688. The molecule has 1 unspecified atom stereocenters. The molecular formula is C16H29N. The zero-order valence-corrected chi connectivity index (χ0v) is 12.7. The van der Waals surface area contributed by atoms with Crippen LogP contribution in [0.2, 0.25) is 0 Å². The summed E-state index contributed by atoms with van der Waals surface area (Å²) in [4.78, 5) is 2.29. The zero-order chi connectivity index (χ0) is 13.7. The first-order chi connectivity index (χ1) is 7.69. The summed E-state index contributed by atoms with van der Waals surface area (Å²) in [7, 11) is 4.29. The average Bonchev–Trinajstić information content (AvgIpc) is 2.25. The molecule has 1 atom stereocenters. The highest BCUT2D eigenvalue weighted by molar-refractivity contribution is 5.18. The molecule has 0 aliphatic rings. The standard InChI is InChI=1S/C16H29N/c1-9-11-12-15(4,5)14(3)13-16(6,10-2)17(7)8/h11,13H,1,10,12H2,2-8H3/b14-13+. The Morgan fingerprint density at radius 1 is 1.29 bits per heavy atom. The van der Waals surface area contributed by atoms with E-state index in [2.05, 4.69) is 72.0 Å². The highest BCUT2D eigenvalue weighted by Crippen LogP contribution is 2.33. The van der Waals surface area contributed by atoms with Crippen LogP contribution in [0, 0.1) is 5.41 Å². The molecule has 1 heteroatoms. The Morgan fingerprint density at radius 3 is 2.18 bits per heavy atom. The lowest BCUT2D eigenvalue weighted by Gasteiger charge is -2.36. The van der Waals surface area contributed by atoms with Crippen LogP contribution in [0.15, 0.2) is 30.0 Å². The fourth-order valence-electron chi connectivity index (χ4n) is 1.70. The second kappa shape index (κ2) is 6.23. The summed E-state index contributed by atoms with van der Waals surface area (Å²) >= 11 is 0. The molecule has 0 amide bonds. The van der Waals surface area contributed by atoms with E-state index in [1.807, 2.05) is 6.08 Å². The minimum absolute atomic E-state index is 0.138. The van der Waals surface area contributed by atoms with Crippen LogP contribution in [0.5, 0.6) is 0 Å². The Balaban J connectivity index is 5.12. The van der Waals surface area contributed by atoms with E-state index < -0.39 is 0 Å². The number of nitrogens with zero attached hydrogens (tertiary/aromatic N) is 1. The third kappa shape index (κ3) is 4.53. The fourth-order valence-corrected chi connectivity index (χ4v) is 1.70. The molecule has 0 radical (unpaired) electrons. The van der Waals surface area contributed by atoms with Gasteiger partial charge >= 0.3 is 0 Å². The van der Waals surface area contributed by atoms with Crippen molar-refractivity contribution in [2.45, 2.75) is 53.0 Å². The first-order valence-electron chi connectivity index (χ1n) is 6.41. The van der Waals surface area contributed by atoms with Gasteiger partial charge in [-0.3, -0.25) is 0 Å². The van der Waals surface area contributed by atoms with Crippen molar-refractivity contribution in [1.29, 1.82) is 0 Å². The highest BCUT2D eigenvalue weighted by atomic mass is 15.1. The molecule has 0 fully saturated rings. The Bertz CT molecular complexity index is 316. The van der Waals surface area contributed by atoms with Crippen LogP contribution >= 0.6 is 0 Å². The molecule has 0 heterocycles. The van der Waals surface area contributed by atoms with Gasteiger partial charge in [-0.15, -0.1) is 5.73 Å². The SMILES string of the molecule is C=C=CCC(C)(C)/C(C)=C/C(C)(CC)N(C)C. The Labute approximate surface area is 108 Å². The van der Waals surface area contributed by atoms with Crippen molar-refractivity contribution in [3.8, 4) is 0 Å². The van der Waals surface area contributed by atoms with Crippen molar-refractivity contribution >= 4 is 0 Å². The van der Waals surface area contributed by atoms with Crippen LogP contribution in [0.25, 0.3) is 0 Å². The molecule has 0 saturated heterocycles. The van der Waals surface area contributed by atoms with Crippen LogP contribution in [0.4, 0.5) is 0 Å². The molecule has 0 aromatic rings. The van der Waals surface area contributed by atoms with Gasteiger partial charge in [-0.25, -0.2) is 0 Å². The van der Waals surface area contributed by atoms with Crippen LogP contribution in [0.3, 0.4) is 0 Å². The molecule has 0 bridgehead atoms. The van der Waals surface area contributed by atoms with Crippen molar-refractivity contribution in [1.82, 2.24) is 4.90 Å². The maximum absolute atomic E-state index is 3.63. The molecule has 0 N–H and O–H groups in total. The molecular weight excluding hydrogens is 206 g/mol. The molecule has 0 aliphatic carbocycles. The Hall–Kier alpha value is -0.780. The van der Waals surface area contributed by atoms with Gasteiger partial charge in [0.05, 0.1) is 0 Å². The van der Waals surface area contributed by atoms with E-state index in [4.69, 9.17) is 0 Å². The largest absolute Gasteiger partial charge is 0.301 e. The smallest absolute Gasteiger partial charge is 0.0357 e. The van der Waals surface area contributed by atoms with Crippen molar-refractivity contribution in [2.75, 3.05) is 14.1 Å². The van der Waals surface area contributed by atoms with E-state index in [0.717, 1.165) is 12.8 Å². The van der Waals surface area contributed by atoms with E-state index in [0.29, 0.717) is 0 Å². The van der Waals surface area contributed by atoms with Gasteiger partial charge in [0.15, 0.2) is 0 Å².